The molecule has 1 heterocycles. The smallest absolute Gasteiger partial charge is 0.226 e. The van der Waals surface area contributed by atoms with Crippen molar-refractivity contribution in [1.29, 1.82) is 0 Å². The van der Waals surface area contributed by atoms with Crippen LogP contribution in [-0.4, -0.2) is 30.4 Å². The molecule has 1 amide bonds. The van der Waals surface area contributed by atoms with Crippen LogP contribution < -0.4 is 5.73 Å². The van der Waals surface area contributed by atoms with Gasteiger partial charge in [0.15, 0.2) is 0 Å². The van der Waals surface area contributed by atoms with Crippen LogP contribution in [0, 0.1) is 23.7 Å². The standard InChI is InChI=1S/C14H26N2O/c1-10(2)12-6-7-16(9-12)14(17)13-5-3-4-11(13)8-15/h10-13H,3-9,15H2,1-2H3/t11-,12?,13-/m1/s1. The predicted molar refractivity (Wildman–Crippen MR) is 69.4 cm³/mol. The van der Waals surface area contributed by atoms with Crippen molar-refractivity contribution in [3.8, 4) is 0 Å². The van der Waals surface area contributed by atoms with Gasteiger partial charge in [-0.05, 0) is 43.6 Å². The Hall–Kier alpha value is -0.570. The van der Waals surface area contributed by atoms with E-state index in [2.05, 4.69) is 18.7 Å². The van der Waals surface area contributed by atoms with Crippen LogP contribution in [0.3, 0.4) is 0 Å². The second kappa shape index (κ2) is 5.38. The minimum atomic E-state index is 0.228. The maximum absolute atomic E-state index is 12.5. The maximum Gasteiger partial charge on any atom is 0.226 e. The van der Waals surface area contributed by atoms with Crippen molar-refractivity contribution in [3.05, 3.63) is 0 Å². The highest BCUT2D eigenvalue weighted by molar-refractivity contribution is 5.79. The molecule has 0 aromatic rings. The van der Waals surface area contributed by atoms with Crippen LogP contribution in [0.2, 0.25) is 0 Å². The van der Waals surface area contributed by atoms with Crippen LogP contribution in [-0.2, 0) is 4.79 Å². The van der Waals surface area contributed by atoms with Gasteiger partial charge in [0.1, 0.15) is 0 Å². The zero-order valence-electron chi connectivity index (χ0n) is 11.2. The average molecular weight is 238 g/mol. The van der Waals surface area contributed by atoms with Crippen molar-refractivity contribution in [2.24, 2.45) is 29.4 Å². The molecule has 1 unspecified atom stereocenters. The first-order valence-electron chi connectivity index (χ1n) is 7.12. The lowest BCUT2D eigenvalue weighted by molar-refractivity contribution is -0.135. The van der Waals surface area contributed by atoms with Crippen molar-refractivity contribution in [2.75, 3.05) is 19.6 Å². The van der Waals surface area contributed by atoms with Gasteiger partial charge in [-0.1, -0.05) is 20.3 Å². The van der Waals surface area contributed by atoms with Gasteiger partial charge in [-0.25, -0.2) is 0 Å². The summed E-state index contributed by atoms with van der Waals surface area (Å²) in [6, 6.07) is 0. The fourth-order valence-corrected chi connectivity index (χ4v) is 3.41. The second-order valence-electron chi connectivity index (χ2n) is 6.11. The summed E-state index contributed by atoms with van der Waals surface area (Å²) in [5.74, 6) is 2.46. The lowest BCUT2D eigenvalue weighted by Gasteiger charge is -2.24. The zero-order chi connectivity index (χ0) is 12.4. The molecule has 0 spiro atoms. The van der Waals surface area contributed by atoms with Gasteiger partial charge in [-0.15, -0.1) is 0 Å². The molecular weight excluding hydrogens is 212 g/mol. The third-order valence-corrected chi connectivity index (χ3v) is 4.76. The summed E-state index contributed by atoms with van der Waals surface area (Å²) in [6.07, 6.45) is 4.57. The normalized spacial score (nSPS) is 33.6. The molecule has 2 fully saturated rings. The lowest BCUT2D eigenvalue weighted by atomic mass is 9.94. The molecule has 0 bridgehead atoms. The molecule has 3 nitrogen and oxygen atoms in total. The molecule has 3 atom stereocenters. The molecule has 1 saturated carbocycles. The topological polar surface area (TPSA) is 46.3 Å². The summed E-state index contributed by atoms with van der Waals surface area (Å²) < 4.78 is 0. The lowest BCUT2D eigenvalue weighted by Crippen LogP contribution is -2.38. The van der Waals surface area contributed by atoms with E-state index in [0.29, 0.717) is 30.2 Å². The number of carbonyl (C=O) groups is 1. The largest absolute Gasteiger partial charge is 0.342 e. The summed E-state index contributed by atoms with van der Waals surface area (Å²) in [5, 5.41) is 0. The van der Waals surface area contributed by atoms with Crippen LogP contribution in [0.4, 0.5) is 0 Å². The number of nitrogens with zero attached hydrogens (tertiary/aromatic N) is 1. The molecule has 0 radical (unpaired) electrons. The Bertz CT molecular complexity index is 277. The Morgan fingerprint density at radius 3 is 2.71 bits per heavy atom. The molecule has 3 heteroatoms. The Morgan fingerprint density at radius 2 is 2.12 bits per heavy atom. The molecule has 0 aromatic carbocycles. The van der Waals surface area contributed by atoms with Gasteiger partial charge in [-0.3, -0.25) is 4.79 Å². The van der Waals surface area contributed by atoms with Gasteiger partial charge >= 0.3 is 0 Å². The van der Waals surface area contributed by atoms with E-state index in [1.54, 1.807) is 0 Å². The number of carbonyl (C=O) groups excluding carboxylic acids is 1. The number of hydrogen-bond acceptors (Lipinski definition) is 2. The number of nitrogens with two attached hydrogens (primary N) is 1. The summed E-state index contributed by atoms with van der Waals surface area (Å²) in [6.45, 7) is 7.14. The van der Waals surface area contributed by atoms with E-state index in [0.717, 1.165) is 25.9 Å². The molecule has 1 saturated heterocycles. The molecule has 1 aliphatic carbocycles. The van der Waals surface area contributed by atoms with Crippen molar-refractivity contribution in [3.63, 3.8) is 0 Å². The van der Waals surface area contributed by atoms with Crippen LogP contribution in [0.5, 0.6) is 0 Å². The summed E-state index contributed by atoms with van der Waals surface area (Å²) in [4.78, 5) is 14.6. The van der Waals surface area contributed by atoms with Gasteiger partial charge in [-0.2, -0.15) is 0 Å². The highest BCUT2D eigenvalue weighted by Crippen LogP contribution is 2.34. The highest BCUT2D eigenvalue weighted by atomic mass is 16.2. The number of hydrogen-bond donors (Lipinski definition) is 1. The van der Waals surface area contributed by atoms with Crippen molar-refractivity contribution >= 4 is 5.91 Å². The molecule has 2 aliphatic rings. The molecule has 98 valence electrons. The van der Waals surface area contributed by atoms with Crippen LogP contribution in [0.15, 0.2) is 0 Å². The SMILES string of the molecule is CC(C)C1CCN(C(=O)[C@@H]2CCC[C@@H]2CN)C1. The minimum Gasteiger partial charge on any atom is -0.342 e. The molecule has 2 rings (SSSR count). The van der Waals surface area contributed by atoms with E-state index in [1.165, 1.54) is 12.8 Å². The fraction of sp³-hybridized carbons (Fsp3) is 0.929. The average Bonchev–Trinajstić information content (AvgIpc) is 2.96. The Morgan fingerprint density at radius 1 is 1.35 bits per heavy atom. The van der Waals surface area contributed by atoms with Crippen LogP contribution >= 0.6 is 0 Å². The third-order valence-electron chi connectivity index (χ3n) is 4.76. The van der Waals surface area contributed by atoms with E-state index < -0.39 is 0 Å². The minimum absolute atomic E-state index is 0.228. The van der Waals surface area contributed by atoms with E-state index in [9.17, 15) is 4.79 Å². The molecular formula is C14H26N2O. The summed E-state index contributed by atoms with van der Waals surface area (Å²) in [5.41, 5.74) is 5.77. The van der Waals surface area contributed by atoms with E-state index >= 15 is 0 Å². The van der Waals surface area contributed by atoms with Crippen LogP contribution in [0.1, 0.15) is 39.5 Å². The first-order valence-corrected chi connectivity index (χ1v) is 7.12. The fourth-order valence-electron chi connectivity index (χ4n) is 3.41. The first kappa shape index (κ1) is 12.9. The highest BCUT2D eigenvalue weighted by Gasteiger charge is 2.37. The molecule has 2 N–H and O–H groups in total. The molecule has 17 heavy (non-hydrogen) atoms. The number of rotatable bonds is 3. The second-order valence-corrected chi connectivity index (χ2v) is 6.11. The molecule has 0 aromatic heterocycles. The van der Waals surface area contributed by atoms with E-state index in [-0.39, 0.29) is 5.92 Å². The van der Waals surface area contributed by atoms with E-state index in [1.807, 2.05) is 0 Å². The monoisotopic (exact) mass is 238 g/mol. The summed E-state index contributed by atoms with van der Waals surface area (Å²) in [7, 11) is 0. The van der Waals surface area contributed by atoms with Gasteiger partial charge in [0.25, 0.3) is 0 Å². The van der Waals surface area contributed by atoms with Crippen molar-refractivity contribution in [2.45, 2.75) is 39.5 Å². The Kier molecular flexibility index (Phi) is 4.08. The van der Waals surface area contributed by atoms with Gasteiger partial charge in [0, 0.05) is 19.0 Å². The molecule has 1 aliphatic heterocycles. The predicted octanol–water partition coefficient (Wildman–Crippen LogP) is 1.87. The number of likely N-dealkylation sites (tertiary alicyclic amines) is 1. The Labute approximate surface area is 105 Å². The van der Waals surface area contributed by atoms with Gasteiger partial charge < -0.3 is 10.6 Å². The summed E-state index contributed by atoms with van der Waals surface area (Å²) >= 11 is 0. The van der Waals surface area contributed by atoms with Gasteiger partial charge in [0.2, 0.25) is 5.91 Å². The number of amides is 1. The quantitative estimate of drug-likeness (QED) is 0.816. The third kappa shape index (κ3) is 2.65. The Balaban J connectivity index is 1.92. The van der Waals surface area contributed by atoms with E-state index in [4.69, 9.17) is 5.73 Å². The van der Waals surface area contributed by atoms with Crippen molar-refractivity contribution < 1.29 is 4.79 Å². The first-order chi connectivity index (χ1) is 8.13. The van der Waals surface area contributed by atoms with Crippen LogP contribution in [0.25, 0.3) is 0 Å². The van der Waals surface area contributed by atoms with Crippen molar-refractivity contribution in [1.82, 2.24) is 4.90 Å². The zero-order valence-corrected chi connectivity index (χ0v) is 11.2. The maximum atomic E-state index is 12.5. The van der Waals surface area contributed by atoms with Gasteiger partial charge in [0.05, 0.1) is 0 Å².